The molecule has 1 saturated heterocycles. The van der Waals surface area contributed by atoms with E-state index in [-0.39, 0.29) is 0 Å². The third-order valence-corrected chi connectivity index (χ3v) is 4.24. The van der Waals surface area contributed by atoms with Gasteiger partial charge in [0, 0.05) is 23.2 Å². The van der Waals surface area contributed by atoms with Crippen molar-refractivity contribution >= 4 is 23.3 Å². The van der Waals surface area contributed by atoms with Crippen molar-refractivity contribution in [3.05, 3.63) is 52.2 Å². The first kappa shape index (κ1) is 11.5. The van der Waals surface area contributed by atoms with Crippen LogP contribution in [0.15, 0.2) is 41.1 Å². The maximum Gasteiger partial charge on any atom is 0.150 e. The molecule has 0 saturated carbocycles. The van der Waals surface area contributed by atoms with E-state index < -0.39 is 0 Å². The van der Waals surface area contributed by atoms with Crippen molar-refractivity contribution in [3.63, 3.8) is 0 Å². The van der Waals surface area contributed by atoms with E-state index in [2.05, 4.69) is 27.8 Å². The van der Waals surface area contributed by atoms with Crippen LogP contribution in [0.2, 0.25) is 0 Å². The van der Waals surface area contributed by atoms with Crippen LogP contribution in [0.4, 0.5) is 5.69 Å². The highest BCUT2D eigenvalue weighted by Crippen LogP contribution is 2.37. The summed E-state index contributed by atoms with van der Waals surface area (Å²) in [4.78, 5) is 13.6. The van der Waals surface area contributed by atoms with Crippen molar-refractivity contribution in [2.75, 3.05) is 11.4 Å². The SMILES string of the molecule is O=Cc1ccccc1C1CCCN1c1ccsc1. The molecule has 18 heavy (non-hydrogen) atoms. The van der Waals surface area contributed by atoms with Crippen LogP contribution in [0.5, 0.6) is 0 Å². The highest BCUT2D eigenvalue weighted by molar-refractivity contribution is 7.08. The summed E-state index contributed by atoms with van der Waals surface area (Å²) in [5, 5.41) is 4.29. The lowest BCUT2D eigenvalue weighted by Crippen LogP contribution is -2.22. The molecular formula is C15H15NOS. The number of hydrogen-bond donors (Lipinski definition) is 0. The van der Waals surface area contributed by atoms with Gasteiger partial charge in [-0.1, -0.05) is 24.3 Å². The average Bonchev–Trinajstić information content (AvgIpc) is 3.09. The lowest BCUT2D eigenvalue weighted by molar-refractivity contribution is 0.112. The molecule has 0 spiro atoms. The minimum atomic E-state index is 0.348. The van der Waals surface area contributed by atoms with E-state index in [1.54, 1.807) is 11.3 Å². The predicted octanol–water partition coefficient (Wildman–Crippen LogP) is 3.90. The summed E-state index contributed by atoms with van der Waals surface area (Å²) in [6.07, 6.45) is 3.29. The van der Waals surface area contributed by atoms with Gasteiger partial charge in [-0.25, -0.2) is 0 Å². The van der Waals surface area contributed by atoms with Crippen LogP contribution >= 0.6 is 11.3 Å². The van der Waals surface area contributed by atoms with Crippen LogP contribution < -0.4 is 4.90 Å². The number of benzene rings is 1. The normalized spacial score (nSPS) is 19.1. The van der Waals surface area contributed by atoms with E-state index in [4.69, 9.17) is 0 Å². The van der Waals surface area contributed by atoms with Gasteiger partial charge in [-0.05, 0) is 29.9 Å². The monoisotopic (exact) mass is 257 g/mol. The second-order valence-electron chi connectivity index (χ2n) is 4.58. The van der Waals surface area contributed by atoms with Crippen molar-refractivity contribution in [1.29, 1.82) is 0 Å². The molecular weight excluding hydrogens is 242 g/mol. The number of carbonyl (C=O) groups excluding carboxylic acids is 1. The number of anilines is 1. The van der Waals surface area contributed by atoms with E-state index in [1.165, 1.54) is 12.1 Å². The van der Waals surface area contributed by atoms with Crippen LogP contribution in [0.3, 0.4) is 0 Å². The van der Waals surface area contributed by atoms with E-state index >= 15 is 0 Å². The topological polar surface area (TPSA) is 20.3 Å². The molecule has 1 aromatic heterocycles. The summed E-state index contributed by atoms with van der Waals surface area (Å²) < 4.78 is 0. The molecule has 0 radical (unpaired) electrons. The van der Waals surface area contributed by atoms with Gasteiger partial charge in [0.1, 0.15) is 6.29 Å². The van der Waals surface area contributed by atoms with Crippen molar-refractivity contribution in [3.8, 4) is 0 Å². The first-order chi connectivity index (χ1) is 8.90. The minimum absolute atomic E-state index is 0.348. The third-order valence-electron chi connectivity index (χ3n) is 3.57. The Labute approximate surface area is 111 Å². The van der Waals surface area contributed by atoms with Crippen LogP contribution in [0.1, 0.15) is 34.8 Å². The molecule has 0 amide bonds. The molecule has 1 aromatic carbocycles. The second-order valence-corrected chi connectivity index (χ2v) is 5.36. The Bertz CT molecular complexity index is 535. The van der Waals surface area contributed by atoms with Gasteiger partial charge in [-0.3, -0.25) is 4.79 Å². The quantitative estimate of drug-likeness (QED) is 0.777. The summed E-state index contributed by atoms with van der Waals surface area (Å²) in [5.74, 6) is 0. The van der Waals surface area contributed by atoms with Gasteiger partial charge >= 0.3 is 0 Å². The fourth-order valence-corrected chi connectivity index (χ4v) is 3.39. The van der Waals surface area contributed by atoms with Gasteiger partial charge in [0.05, 0.1) is 6.04 Å². The Morgan fingerprint density at radius 1 is 1.28 bits per heavy atom. The molecule has 3 rings (SSSR count). The standard InChI is InChI=1S/C15H15NOS/c17-10-12-4-1-2-5-14(12)15-6-3-8-16(15)13-7-9-18-11-13/h1-2,4-5,7,9-11,15H,3,6,8H2. The van der Waals surface area contributed by atoms with Gasteiger partial charge in [-0.2, -0.15) is 11.3 Å². The zero-order chi connectivity index (χ0) is 12.4. The second kappa shape index (κ2) is 4.94. The molecule has 1 fully saturated rings. The number of nitrogens with zero attached hydrogens (tertiary/aromatic N) is 1. The van der Waals surface area contributed by atoms with Crippen molar-refractivity contribution < 1.29 is 4.79 Å². The van der Waals surface area contributed by atoms with Crippen LogP contribution in [0.25, 0.3) is 0 Å². The zero-order valence-corrected chi connectivity index (χ0v) is 10.9. The smallest absolute Gasteiger partial charge is 0.150 e. The zero-order valence-electron chi connectivity index (χ0n) is 10.1. The largest absolute Gasteiger partial charge is 0.364 e. The van der Waals surface area contributed by atoms with Gasteiger partial charge < -0.3 is 4.90 Å². The molecule has 0 bridgehead atoms. The van der Waals surface area contributed by atoms with E-state index in [0.29, 0.717) is 6.04 Å². The molecule has 0 aliphatic carbocycles. The van der Waals surface area contributed by atoms with Gasteiger partial charge in [0.15, 0.2) is 0 Å². The predicted molar refractivity (Wildman–Crippen MR) is 75.5 cm³/mol. The lowest BCUT2D eigenvalue weighted by atomic mass is 9.99. The number of aldehydes is 1. The van der Waals surface area contributed by atoms with Crippen molar-refractivity contribution in [2.45, 2.75) is 18.9 Å². The molecule has 1 atom stereocenters. The summed E-state index contributed by atoms with van der Waals surface area (Å²) in [7, 11) is 0. The van der Waals surface area contributed by atoms with E-state index in [9.17, 15) is 4.79 Å². The average molecular weight is 257 g/mol. The maximum absolute atomic E-state index is 11.2. The molecule has 1 aliphatic heterocycles. The fraction of sp³-hybridized carbons (Fsp3) is 0.267. The van der Waals surface area contributed by atoms with Crippen LogP contribution in [-0.2, 0) is 0 Å². The summed E-state index contributed by atoms with van der Waals surface area (Å²) >= 11 is 1.72. The molecule has 2 heterocycles. The molecule has 2 aromatic rings. The van der Waals surface area contributed by atoms with Crippen molar-refractivity contribution in [1.82, 2.24) is 0 Å². The number of hydrogen-bond acceptors (Lipinski definition) is 3. The fourth-order valence-electron chi connectivity index (χ4n) is 2.74. The van der Waals surface area contributed by atoms with E-state index in [1.807, 2.05) is 18.2 Å². The number of rotatable bonds is 3. The number of carbonyl (C=O) groups is 1. The van der Waals surface area contributed by atoms with Gasteiger partial charge in [-0.15, -0.1) is 0 Å². The molecule has 3 heteroatoms. The Hall–Kier alpha value is -1.61. The number of thiophene rings is 1. The molecule has 1 unspecified atom stereocenters. The summed E-state index contributed by atoms with van der Waals surface area (Å²) in [6.45, 7) is 1.08. The molecule has 2 nitrogen and oxygen atoms in total. The minimum Gasteiger partial charge on any atom is -0.364 e. The molecule has 92 valence electrons. The first-order valence-electron chi connectivity index (χ1n) is 6.23. The van der Waals surface area contributed by atoms with Gasteiger partial charge in [0.2, 0.25) is 0 Å². The summed E-state index contributed by atoms with van der Waals surface area (Å²) in [5.41, 5.74) is 3.27. The maximum atomic E-state index is 11.2. The Balaban J connectivity index is 1.98. The Kier molecular flexibility index (Phi) is 3.15. The van der Waals surface area contributed by atoms with Crippen LogP contribution in [-0.4, -0.2) is 12.8 Å². The third kappa shape index (κ3) is 1.95. The lowest BCUT2D eigenvalue weighted by Gasteiger charge is -2.26. The van der Waals surface area contributed by atoms with Crippen molar-refractivity contribution in [2.24, 2.45) is 0 Å². The molecule has 1 aliphatic rings. The van der Waals surface area contributed by atoms with Gasteiger partial charge in [0.25, 0.3) is 0 Å². The highest BCUT2D eigenvalue weighted by atomic mass is 32.1. The Morgan fingerprint density at radius 2 is 2.17 bits per heavy atom. The summed E-state index contributed by atoms with van der Waals surface area (Å²) in [6, 6.07) is 10.4. The van der Waals surface area contributed by atoms with Crippen LogP contribution in [0, 0.1) is 0 Å². The first-order valence-corrected chi connectivity index (χ1v) is 7.17. The van der Waals surface area contributed by atoms with E-state index in [0.717, 1.165) is 30.4 Å². The molecule has 0 N–H and O–H groups in total. The Morgan fingerprint density at radius 3 is 2.94 bits per heavy atom. The highest BCUT2D eigenvalue weighted by Gasteiger charge is 2.27.